The van der Waals surface area contributed by atoms with E-state index in [0.717, 1.165) is 13.1 Å². The summed E-state index contributed by atoms with van der Waals surface area (Å²) in [5, 5.41) is 0. The van der Waals surface area contributed by atoms with Crippen molar-refractivity contribution < 1.29 is 13.2 Å². The largest absolute Gasteiger partial charge is 0.368 e. The number of anilines is 1. The fourth-order valence-electron chi connectivity index (χ4n) is 3.21. The average molecular weight is 368 g/mol. The molecule has 1 saturated heterocycles. The Morgan fingerprint density at radius 3 is 2.36 bits per heavy atom. The van der Waals surface area contributed by atoms with E-state index in [2.05, 4.69) is 30.0 Å². The summed E-state index contributed by atoms with van der Waals surface area (Å²) in [5.74, 6) is 0.0261. The maximum atomic E-state index is 12.4. The lowest BCUT2D eigenvalue weighted by molar-refractivity contribution is -0.131. The molecule has 140 valence electrons. The van der Waals surface area contributed by atoms with Gasteiger partial charge in [0, 0.05) is 50.9 Å². The molecular weight excluding hydrogens is 338 g/mol. The summed E-state index contributed by atoms with van der Waals surface area (Å²) in [4.78, 5) is 16.6. The van der Waals surface area contributed by atoms with Crippen molar-refractivity contribution >= 4 is 21.6 Å². The van der Waals surface area contributed by atoms with Crippen LogP contribution < -0.4 is 4.90 Å². The Kier molecular flexibility index (Phi) is 6.46. The standard InChI is InChI=1S/C18H29N3O3S/c1-15(2)21(25(4,23)24)9-8-18(22)20-12-10-19(11-13-20)17-7-5-6-16(3)14-17/h5-7,14-15H,8-13H2,1-4H3. The van der Waals surface area contributed by atoms with E-state index >= 15 is 0 Å². The van der Waals surface area contributed by atoms with Gasteiger partial charge in [-0.3, -0.25) is 4.79 Å². The molecule has 1 aliphatic heterocycles. The van der Waals surface area contributed by atoms with Crippen molar-refractivity contribution in [2.75, 3.05) is 43.9 Å². The molecule has 0 aromatic heterocycles. The number of hydrogen-bond donors (Lipinski definition) is 0. The second kappa shape index (κ2) is 8.19. The van der Waals surface area contributed by atoms with E-state index < -0.39 is 10.0 Å². The number of benzene rings is 1. The van der Waals surface area contributed by atoms with Crippen LogP contribution >= 0.6 is 0 Å². The van der Waals surface area contributed by atoms with Gasteiger partial charge < -0.3 is 9.80 Å². The lowest BCUT2D eigenvalue weighted by atomic mass is 10.2. The quantitative estimate of drug-likeness (QED) is 0.768. The molecule has 1 aromatic rings. The van der Waals surface area contributed by atoms with Crippen molar-refractivity contribution in [2.24, 2.45) is 0 Å². The Morgan fingerprint density at radius 1 is 1.20 bits per heavy atom. The molecule has 7 heteroatoms. The zero-order chi connectivity index (χ0) is 18.6. The summed E-state index contributed by atoms with van der Waals surface area (Å²) in [6.07, 6.45) is 1.42. The minimum Gasteiger partial charge on any atom is -0.368 e. The molecule has 0 atom stereocenters. The Balaban J connectivity index is 1.87. The van der Waals surface area contributed by atoms with Crippen LogP contribution in [0.4, 0.5) is 5.69 Å². The van der Waals surface area contributed by atoms with Crippen molar-refractivity contribution in [1.82, 2.24) is 9.21 Å². The molecule has 2 rings (SSSR count). The van der Waals surface area contributed by atoms with Gasteiger partial charge in [0.2, 0.25) is 15.9 Å². The van der Waals surface area contributed by atoms with Gasteiger partial charge in [0.05, 0.1) is 6.26 Å². The number of hydrogen-bond acceptors (Lipinski definition) is 4. The highest BCUT2D eigenvalue weighted by Crippen LogP contribution is 2.18. The molecule has 0 aliphatic carbocycles. The molecule has 0 radical (unpaired) electrons. The van der Waals surface area contributed by atoms with E-state index in [0.29, 0.717) is 13.1 Å². The molecule has 1 fully saturated rings. The first-order valence-electron chi connectivity index (χ1n) is 8.74. The number of carbonyl (C=O) groups excluding carboxylic acids is 1. The lowest BCUT2D eigenvalue weighted by Crippen LogP contribution is -2.49. The zero-order valence-electron chi connectivity index (χ0n) is 15.6. The normalized spacial score (nSPS) is 15.9. The van der Waals surface area contributed by atoms with Crippen LogP contribution in [0.1, 0.15) is 25.8 Å². The number of amides is 1. The number of carbonyl (C=O) groups is 1. The second-order valence-corrected chi connectivity index (χ2v) is 8.86. The molecular formula is C18H29N3O3S. The Labute approximate surface area is 151 Å². The van der Waals surface area contributed by atoms with Crippen molar-refractivity contribution in [3.05, 3.63) is 29.8 Å². The predicted octanol–water partition coefficient (Wildman–Crippen LogP) is 1.70. The predicted molar refractivity (Wildman–Crippen MR) is 101 cm³/mol. The van der Waals surface area contributed by atoms with Crippen LogP contribution in [0.3, 0.4) is 0 Å². The van der Waals surface area contributed by atoms with Crippen LogP contribution in [-0.4, -0.2) is 68.6 Å². The summed E-state index contributed by atoms with van der Waals surface area (Å²) in [6.45, 7) is 8.92. The van der Waals surface area contributed by atoms with E-state index in [1.165, 1.54) is 21.8 Å². The first-order chi connectivity index (χ1) is 11.7. The third-order valence-electron chi connectivity index (χ3n) is 4.55. The third-order valence-corrected chi connectivity index (χ3v) is 6.00. The van der Waals surface area contributed by atoms with Gasteiger partial charge >= 0.3 is 0 Å². The number of nitrogens with zero attached hydrogens (tertiary/aromatic N) is 3. The minimum atomic E-state index is -3.29. The van der Waals surface area contributed by atoms with Gasteiger partial charge in [-0.05, 0) is 38.5 Å². The summed E-state index contributed by atoms with van der Waals surface area (Å²) in [7, 11) is -3.29. The van der Waals surface area contributed by atoms with E-state index in [-0.39, 0.29) is 24.9 Å². The van der Waals surface area contributed by atoms with Gasteiger partial charge in [-0.25, -0.2) is 8.42 Å². The molecule has 0 saturated carbocycles. The van der Waals surface area contributed by atoms with Crippen LogP contribution in [0.15, 0.2) is 24.3 Å². The smallest absolute Gasteiger partial charge is 0.224 e. The first-order valence-corrected chi connectivity index (χ1v) is 10.6. The van der Waals surface area contributed by atoms with Gasteiger partial charge in [-0.1, -0.05) is 12.1 Å². The molecule has 1 aromatic carbocycles. The Morgan fingerprint density at radius 2 is 1.84 bits per heavy atom. The third kappa shape index (κ3) is 5.44. The summed E-state index contributed by atoms with van der Waals surface area (Å²) < 4.78 is 24.9. The lowest BCUT2D eigenvalue weighted by Gasteiger charge is -2.36. The van der Waals surface area contributed by atoms with E-state index in [1.54, 1.807) is 0 Å². The van der Waals surface area contributed by atoms with Crippen molar-refractivity contribution in [3.8, 4) is 0 Å². The average Bonchev–Trinajstić information content (AvgIpc) is 2.53. The van der Waals surface area contributed by atoms with E-state index in [9.17, 15) is 13.2 Å². The molecule has 1 amide bonds. The molecule has 1 aliphatic rings. The van der Waals surface area contributed by atoms with Gasteiger partial charge in [-0.2, -0.15) is 4.31 Å². The fourth-order valence-corrected chi connectivity index (χ4v) is 4.40. The monoisotopic (exact) mass is 367 g/mol. The topological polar surface area (TPSA) is 60.9 Å². The van der Waals surface area contributed by atoms with Crippen molar-refractivity contribution in [3.63, 3.8) is 0 Å². The van der Waals surface area contributed by atoms with Crippen LogP contribution in [0.5, 0.6) is 0 Å². The number of sulfonamides is 1. The molecule has 0 bridgehead atoms. The SMILES string of the molecule is Cc1cccc(N2CCN(C(=O)CCN(C(C)C)S(C)(=O)=O)CC2)c1. The molecule has 0 N–H and O–H groups in total. The summed E-state index contributed by atoms with van der Waals surface area (Å²) in [5.41, 5.74) is 2.42. The molecule has 0 unspecified atom stereocenters. The number of aryl methyl sites for hydroxylation is 1. The highest BCUT2D eigenvalue weighted by molar-refractivity contribution is 7.88. The highest BCUT2D eigenvalue weighted by atomic mass is 32.2. The van der Waals surface area contributed by atoms with Gasteiger partial charge in [-0.15, -0.1) is 0 Å². The van der Waals surface area contributed by atoms with Crippen LogP contribution in [0.25, 0.3) is 0 Å². The maximum Gasteiger partial charge on any atom is 0.224 e. The molecule has 0 spiro atoms. The van der Waals surface area contributed by atoms with Crippen LogP contribution in [0.2, 0.25) is 0 Å². The maximum absolute atomic E-state index is 12.4. The van der Waals surface area contributed by atoms with Crippen molar-refractivity contribution in [1.29, 1.82) is 0 Å². The second-order valence-electron chi connectivity index (χ2n) is 6.92. The van der Waals surface area contributed by atoms with E-state index in [1.807, 2.05) is 24.8 Å². The molecule has 1 heterocycles. The molecule has 6 nitrogen and oxygen atoms in total. The first kappa shape index (κ1) is 19.7. The van der Waals surface area contributed by atoms with Gasteiger partial charge in [0.1, 0.15) is 0 Å². The molecule has 25 heavy (non-hydrogen) atoms. The Hall–Kier alpha value is -1.60. The Bertz CT molecular complexity index is 695. The van der Waals surface area contributed by atoms with E-state index in [4.69, 9.17) is 0 Å². The van der Waals surface area contributed by atoms with Gasteiger partial charge in [0.25, 0.3) is 0 Å². The van der Waals surface area contributed by atoms with Crippen LogP contribution in [-0.2, 0) is 14.8 Å². The fraction of sp³-hybridized carbons (Fsp3) is 0.611. The zero-order valence-corrected chi connectivity index (χ0v) is 16.4. The van der Waals surface area contributed by atoms with Crippen molar-refractivity contribution in [2.45, 2.75) is 33.2 Å². The van der Waals surface area contributed by atoms with Crippen LogP contribution in [0, 0.1) is 6.92 Å². The highest BCUT2D eigenvalue weighted by Gasteiger charge is 2.25. The summed E-state index contributed by atoms with van der Waals surface area (Å²) in [6, 6.07) is 8.24. The summed E-state index contributed by atoms with van der Waals surface area (Å²) >= 11 is 0. The number of rotatable bonds is 6. The number of piperazine rings is 1. The van der Waals surface area contributed by atoms with Gasteiger partial charge in [0.15, 0.2) is 0 Å². The minimum absolute atomic E-state index is 0.0261.